The summed E-state index contributed by atoms with van der Waals surface area (Å²) in [5, 5.41) is 2.80. The van der Waals surface area contributed by atoms with E-state index >= 15 is 0 Å². The van der Waals surface area contributed by atoms with Gasteiger partial charge in [-0.1, -0.05) is 13.0 Å². The van der Waals surface area contributed by atoms with Crippen molar-refractivity contribution in [3.05, 3.63) is 42.5 Å². The number of hydrogen-bond donors (Lipinski definition) is 1. The third-order valence-corrected chi connectivity index (χ3v) is 3.98. The van der Waals surface area contributed by atoms with Gasteiger partial charge in [0.1, 0.15) is 17.3 Å². The van der Waals surface area contributed by atoms with E-state index in [-0.39, 0.29) is 5.91 Å². The second-order valence-electron chi connectivity index (χ2n) is 5.68. The van der Waals surface area contributed by atoms with Crippen molar-refractivity contribution in [2.24, 2.45) is 0 Å². The molecule has 0 bridgehead atoms. The standard InChI is InChI=1S/C17H22N6O/c1-2-6-19-17(24)14-12-21-16(13-20-14)23-10-8-22(9-11-23)15-5-3-4-7-18-15/h3-5,7,12-13H,2,6,8-11H2,1H3,(H,19,24). The number of amides is 1. The zero-order valence-corrected chi connectivity index (χ0v) is 13.9. The molecule has 1 aliphatic rings. The van der Waals surface area contributed by atoms with Crippen molar-refractivity contribution in [2.75, 3.05) is 42.5 Å². The maximum absolute atomic E-state index is 11.9. The van der Waals surface area contributed by atoms with Gasteiger partial charge in [-0.25, -0.2) is 15.0 Å². The summed E-state index contributed by atoms with van der Waals surface area (Å²) in [6.07, 6.45) is 5.94. The Morgan fingerprint density at radius 1 is 1.04 bits per heavy atom. The van der Waals surface area contributed by atoms with Crippen molar-refractivity contribution in [1.29, 1.82) is 0 Å². The minimum atomic E-state index is -0.170. The highest BCUT2D eigenvalue weighted by Gasteiger charge is 2.19. The normalized spacial score (nSPS) is 14.5. The van der Waals surface area contributed by atoms with Gasteiger partial charge in [0.15, 0.2) is 0 Å². The first kappa shape index (κ1) is 16.2. The van der Waals surface area contributed by atoms with E-state index in [1.807, 2.05) is 31.3 Å². The van der Waals surface area contributed by atoms with Gasteiger partial charge < -0.3 is 15.1 Å². The molecule has 7 heteroatoms. The van der Waals surface area contributed by atoms with Gasteiger partial charge in [-0.2, -0.15) is 0 Å². The lowest BCUT2D eigenvalue weighted by atomic mass is 10.3. The molecule has 1 saturated heterocycles. The number of carbonyl (C=O) groups is 1. The molecule has 7 nitrogen and oxygen atoms in total. The van der Waals surface area contributed by atoms with Crippen molar-refractivity contribution in [3.8, 4) is 0 Å². The van der Waals surface area contributed by atoms with Gasteiger partial charge in [0.05, 0.1) is 12.4 Å². The number of nitrogens with one attached hydrogen (secondary N) is 1. The number of carbonyl (C=O) groups excluding carboxylic acids is 1. The summed E-state index contributed by atoms with van der Waals surface area (Å²) in [6.45, 7) is 6.14. The van der Waals surface area contributed by atoms with Crippen molar-refractivity contribution >= 4 is 17.5 Å². The van der Waals surface area contributed by atoms with Gasteiger partial charge in [-0.15, -0.1) is 0 Å². The van der Waals surface area contributed by atoms with Gasteiger partial charge in [0.2, 0.25) is 0 Å². The molecule has 1 fully saturated rings. The molecule has 1 N–H and O–H groups in total. The van der Waals surface area contributed by atoms with E-state index in [0.29, 0.717) is 12.2 Å². The summed E-state index contributed by atoms with van der Waals surface area (Å²) in [6, 6.07) is 5.95. The Hall–Kier alpha value is -2.70. The van der Waals surface area contributed by atoms with Crippen molar-refractivity contribution in [1.82, 2.24) is 20.3 Å². The van der Waals surface area contributed by atoms with Crippen molar-refractivity contribution in [3.63, 3.8) is 0 Å². The third-order valence-electron chi connectivity index (χ3n) is 3.98. The maximum atomic E-state index is 11.9. The van der Waals surface area contributed by atoms with Crippen LogP contribution >= 0.6 is 0 Å². The lowest BCUT2D eigenvalue weighted by Crippen LogP contribution is -2.47. The first-order chi connectivity index (χ1) is 11.8. The fraction of sp³-hybridized carbons (Fsp3) is 0.412. The highest BCUT2D eigenvalue weighted by molar-refractivity contribution is 5.91. The van der Waals surface area contributed by atoms with Crippen LogP contribution in [0.25, 0.3) is 0 Å². The van der Waals surface area contributed by atoms with Gasteiger partial charge in [0.25, 0.3) is 5.91 Å². The average molecular weight is 326 g/mol. The smallest absolute Gasteiger partial charge is 0.271 e. The summed E-state index contributed by atoms with van der Waals surface area (Å²) < 4.78 is 0. The topological polar surface area (TPSA) is 74.2 Å². The Balaban J connectivity index is 1.57. The summed E-state index contributed by atoms with van der Waals surface area (Å²) in [4.78, 5) is 29.3. The Kier molecular flexibility index (Phi) is 5.20. The van der Waals surface area contributed by atoms with Gasteiger partial charge >= 0.3 is 0 Å². The van der Waals surface area contributed by atoms with Crippen LogP contribution in [0.5, 0.6) is 0 Å². The van der Waals surface area contributed by atoms with E-state index in [2.05, 4.69) is 30.1 Å². The molecule has 1 amide bonds. The minimum Gasteiger partial charge on any atom is -0.353 e. The Bertz CT molecular complexity index is 653. The molecule has 1 aliphatic heterocycles. The molecule has 0 radical (unpaired) electrons. The number of piperazine rings is 1. The zero-order chi connectivity index (χ0) is 16.8. The Labute approximate surface area is 141 Å². The molecule has 3 rings (SSSR count). The Morgan fingerprint density at radius 3 is 2.38 bits per heavy atom. The second-order valence-corrected chi connectivity index (χ2v) is 5.68. The highest BCUT2D eigenvalue weighted by Crippen LogP contribution is 2.16. The summed E-state index contributed by atoms with van der Waals surface area (Å²) in [5.74, 6) is 1.64. The van der Waals surface area contributed by atoms with Crippen LogP contribution in [-0.4, -0.2) is 53.6 Å². The molecule has 2 aromatic rings. The van der Waals surface area contributed by atoms with Crippen LogP contribution in [0.15, 0.2) is 36.8 Å². The molecule has 0 saturated carbocycles. The van der Waals surface area contributed by atoms with Crippen LogP contribution in [0, 0.1) is 0 Å². The third kappa shape index (κ3) is 3.79. The van der Waals surface area contributed by atoms with Crippen LogP contribution in [0.1, 0.15) is 23.8 Å². The SMILES string of the molecule is CCCNC(=O)c1cnc(N2CCN(c3ccccn3)CC2)cn1. The summed E-state index contributed by atoms with van der Waals surface area (Å²) in [5.41, 5.74) is 0.360. The summed E-state index contributed by atoms with van der Waals surface area (Å²) in [7, 11) is 0. The van der Waals surface area contributed by atoms with E-state index in [0.717, 1.165) is 44.2 Å². The molecule has 2 aromatic heterocycles. The number of hydrogen-bond acceptors (Lipinski definition) is 6. The maximum Gasteiger partial charge on any atom is 0.271 e. The number of nitrogens with zero attached hydrogens (tertiary/aromatic N) is 5. The van der Waals surface area contributed by atoms with E-state index in [9.17, 15) is 4.79 Å². The molecule has 24 heavy (non-hydrogen) atoms. The second kappa shape index (κ2) is 7.72. The first-order valence-electron chi connectivity index (χ1n) is 8.29. The molecule has 0 atom stereocenters. The minimum absolute atomic E-state index is 0.170. The molecular weight excluding hydrogens is 304 g/mol. The van der Waals surface area contributed by atoms with Gasteiger partial charge in [-0.3, -0.25) is 4.79 Å². The number of aromatic nitrogens is 3. The number of anilines is 2. The lowest BCUT2D eigenvalue weighted by Gasteiger charge is -2.35. The molecule has 0 unspecified atom stereocenters. The van der Waals surface area contributed by atoms with Crippen LogP contribution in [0.4, 0.5) is 11.6 Å². The molecular formula is C17H22N6O. The zero-order valence-electron chi connectivity index (χ0n) is 13.9. The molecule has 126 valence electrons. The highest BCUT2D eigenvalue weighted by atomic mass is 16.1. The molecule has 3 heterocycles. The number of rotatable bonds is 5. The predicted octanol–water partition coefficient (Wildman–Crippen LogP) is 1.34. The van der Waals surface area contributed by atoms with Crippen LogP contribution in [0.2, 0.25) is 0 Å². The van der Waals surface area contributed by atoms with Crippen molar-refractivity contribution in [2.45, 2.75) is 13.3 Å². The number of pyridine rings is 1. The van der Waals surface area contributed by atoms with E-state index in [1.54, 1.807) is 12.4 Å². The fourth-order valence-corrected chi connectivity index (χ4v) is 2.64. The average Bonchev–Trinajstić information content (AvgIpc) is 2.67. The van der Waals surface area contributed by atoms with E-state index in [1.165, 1.54) is 0 Å². The van der Waals surface area contributed by atoms with Crippen molar-refractivity contribution < 1.29 is 4.79 Å². The molecule has 0 spiro atoms. The molecule has 0 aromatic carbocycles. The predicted molar refractivity (Wildman–Crippen MR) is 93.3 cm³/mol. The largest absolute Gasteiger partial charge is 0.353 e. The summed E-state index contributed by atoms with van der Waals surface area (Å²) >= 11 is 0. The first-order valence-corrected chi connectivity index (χ1v) is 8.29. The quantitative estimate of drug-likeness (QED) is 0.894. The van der Waals surface area contributed by atoms with Crippen LogP contribution in [0.3, 0.4) is 0 Å². The van der Waals surface area contributed by atoms with Crippen LogP contribution in [-0.2, 0) is 0 Å². The van der Waals surface area contributed by atoms with E-state index in [4.69, 9.17) is 0 Å². The van der Waals surface area contributed by atoms with E-state index < -0.39 is 0 Å². The Morgan fingerprint density at radius 2 is 1.79 bits per heavy atom. The van der Waals surface area contributed by atoms with Crippen LogP contribution < -0.4 is 15.1 Å². The van der Waals surface area contributed by atoms with Gasteiger partial charge in [0, 0.05) is 38.9 Å². The monoisotopic (exact) mass is 326 g/mol. The molecule has 0 aliphatic carbocycles. The fourth-order valence-electron chi connectivity index (χ4n) is 2.64. The lowest BCUT2D eigenvalue weighted by molar-refractivity contribution is 0.0948. The van der Waals surface area contributed by atoms with Gasteiger partial charge in [-0.05, 0) is 18.6 Å².